The molecule has 1 heterocycles. The number of rotatable bonds is 5. The van der Waals surface area contributed by atoms with E-state index in [9.17, 15) is 0 Å². The Morgan fingerprint density at radius 2 is 2.12 bits per heavy atom. The predicted octanol–water partition coefficient (Wildman–Crippen LogP) is 3.25. The smallest absolute Gasteiger partial charge is 0.0897 e. The van der Waals surface area contributed by atoms with Gasteiger partial charge in [-0.2, -0.15) is 0 Å². The Labute approximate surface area is 106 Å². The average Bonchev–Trinajstić information content (AvgIpc) is 2.76. The molecule has 2 rings (SSSR count). The number of hydrogen-bond donors (Lipinski definition) is 1. The first-order valence-electron chi connectivity index (χ1n) is 5.68. The van der Waals surface area contributed by atoms with Crippen LogP contribution in [-0.4, -0.2) is 11.5 Å². The molecule has 0 fully saturated rings. The van der Waals surface area contributed by atoms with E-state index in [0.717, 1.165) is 18.1 Å². The van der Waals surface area contributed by atoms with Crippen LogP contribution in [0.5, 0.6) is 0 Å². The Kier molecular flexibility index (Phi) is 4.47. The summed E-state index contributed by atoms with van der Waals surface area (Å²) >= 11 is 1.74. The normalized spacial score (nSPS) is 11.1. The molecule has 0 atom stereocenters. The Balaban J connectivity index is 1.71. The molecule has 0 radical (unpaired) electrons. The maximum absolute atomic E-state index is 4.22. The lowest BCUT2D eigenvalue weighted by molar-refractivity contribution is 0.770. The van der Waals surface area contributed by atoms with Crippen LogP contribution in [-0.2, 0) is 6.54 Å². The van der Waals surface area contributed by atoms with E-state index >= 15 is 0 Å². The third kappa shape index (κ3) is 4.13. The molecule has 1 N–H and O–H groups in total. The van der Waals surface area contributed by atoms with Crippen molar-refractivity contribution in [3.63, 3.8) is 0 Å². The van der Waals surface area contributed by atoms with Gasteiger partial charge in [-0.3, -0.25) is 0 Å². The molecule has 1 aromatic heterocycles. The van der Waals surface area contributed by atoms with Gasteiger partial charge < -0.3 is 5.32 Å². The molecule has 0 bridgehead atoms. The Morgan fingerprint density at radius 1 is 1.29 bits per heavy atom. The average molecular weight is 244 g/mol. The van der Waals surface area contributed by atoms with Crippen molar-refractivity contribution in [3.05, 3.63) is 58.1 Å². The third-order valence-corrected chi connectivity index (χ3v) is 3.25. The molecule has 0 spiro atoms. The lowest BCUT2D eigenvalue weighted by atomic mass is 10.2. The van der Waals surface area contributed by atoms with E-state index < -0.39 is 0 Å². The van der Waals surface area contributed by atoms with Crippen molar-refractivity contribution in [1.29, 1.82) is 0 Å². The summed E-state index contributed by atoms with van der Waals surface area (Å²) < 4.78 is 0. The molecular weight excluding hydrogens is 228 g/mol. The van der Waals surface area contributed by atoms with E-state index in [1.54, 1.807) is 11.3 Å². The number of nitrogens with zero attached hydrogens (tertiary/aromatic N) is 1. The summed E-state index contributed by atoms with van der Waals surface area (Å²) in [6, 6.07) is 10.3. The summed E-state index contributed by atoms with van der Waals surface area (Å²) in [6.45, 7) is 3.81. The highest BCUT2D eigenvalue weighted by molar-refractivity contribution is 7.11. The molecule has 0 aliphatic carbocycles. The number of aromatic nitrogens is 1. The summed E-state index contributed by atoms with van der Waals surface area (Å²) in [5, 5.41) is 4.50. The largest absolute Gasteiger partial charge is 0.308 e. The molecule has 17 heavy (non-hydrogen) atoms. The summed E-state index contributed by atoms with van der Waals surface area (Å²) in [7, 11) is 0. The van der Waals surface area contributed by atoms with E-state index in [-0.39, 0.29) is 0 Å². The highest BCUT2D eigenvalue weighted by atomic mass is 32.1. The second-order valence-electron chi connectivity index (χ2n) is 3.79. The van der Waals surface area contributed by atoms with E-state index in [2.05, 4.69) is 34.6 Å². The minimum atomic E-state index is 0.881. The van der Waals surface area contributed by atoms with Crippen molar-refractivity contribution < 1.29 is 0 Å². The molecule has 0 aliphatic heterocycles. The van der Waals surface area contributed by atoms with Crippen molar-refractivity contribution in [2.45, 2.75) is 13.5 Å². The van der Waals surface area contributed by atoms with Gasteiger partial charge in [0.25, 0.3) is 0 Å². The second-order valence-corrected chi connectivity index (χ2v) is 5.11. The Bertz CT molecular complexity index is 474. The van der Waals surface area contributed by atoms with Crippen molar-refractivity contribution >= 4 is 17.4 Å². The van der Waals surface area contributed by atoms with Gasteiger partial charge in [-0.15, -0.1) is 11.3 Å². The van der Waals surface area contributed by atoms with Gasteiger partial charge in [-0.25, -0.2) is 4.98 Å². The first-order valence-corrected chi connectivity index (χ1v) is 6.50. The molecule has 0 saturated carbocycles. The SMILES string of the molecule is Cc1ncc(CNCC=Cc2ccccc2)s1. The van der Waals surface area contributed by atoms with Gasteiger partial charge in [0.05, 0.1) is 5.01 Å². The summed E-state index contributed by atoms with van der Waals surface area (Å²) in [6.07, 6.45) is 6.21. The van der Waals surface area contributed by atoms with E-state index in [4.69, 9.17) is 0 Å². The number of thiazole rings is 1. The van der Waals surface area contributed by atoms with Crippen LogP contribution in [0.1, 0.15) is 15.4 Å². The molecule has 88 valence electrons. The first kappa shape index (κ1) is 12.0. The van der Waals surface area contributed by atoms with Crippen LogP contribution in [0.2, 0.25) is 0 Å². The third-order valence-electron chi connectivity index (χ3n) is 2.34. The molecule has 2 aromatic rings. The van der Waals surface area contributed by atoms with Crippen LogP contribution in [0.4, 0.5) is 0 Å². The number of aryl methyl sites for hydroxylation is 1. The molecule has 0 saturated heterocycles. The zero-order valence-corrected chi connectivity index (χ0v) is 10.7. The van der Waals surface area contributed by atoms with Crippen LogP contribution in [0, 0.1) is 6.92 Å². The molecule has 2 nitrogen and oxygen atoms in total. The van der Waals surface area contributed by atoms with Crippen molar-refractivity contribution in [1.82, 2.24) is 10.3 Å². The summed E-state index contributed by atoms with van der Waals surface area (Å²) in [5.74, 6) is 0. The van der Waals surface area contributed by atoms with Gasteiger partial charge in [-0.1, -0.05) is 42.5 Å². The quantitative estimate of drug-likeness (QED) is 0.817. The number of hydrogen-bond acceptors (Lipinski definition) is 3. The molecule has 3 heteroatoms. The second kappa shape index (κ2) is 6.33. The van der Waals surface area contributed by atoms with E-state index in [1.165, 1.54) is 10.4 Å². The fourth-order valence-electron chi connectivity index (χ4n) is 1.52. The highest BCUT2D eigenvalue weighted by Gasteiger charge is 1.95. The van der Waals surface area contributed by atoms with E-state index in [1.807, 2.05) is 31.3 Å². The molecule has 0 amide bonds. The monoisotopic (exact) mass is 244 g/mol. The Morgan fingerprint density at radius 3 is 2.82 bits per heavy atom. The first-order chi connectivity index (χ1) is 8.34. The predicted molar refractivity (Wildman–Crippen MR) is 74.0 cm³/mol. The fraction of sp³-hybridized carbons (Fsp3) is 0.214. The van der Waals surface area contributed by atoms with Crippen LogP contribution in [0.25, 0.3) is 6.08 Å². The van der Waals surface area contributed by atoms with Gasteiger partial charge in [0.15, 0.2) is 0 Å². The molecule has 1 aromatic carbocycles. The standard InChI is InChI=1S/C14H16N2S/c1-12-16-11-14(17-12)10-15-9-5-8-13-6-3-2-4-7-13/h2-8,11,15H,9-10H2,1H3. The minimum Gasteiger partial charge on any atom is -0.308 e. The van der Waals surface area contributed by atoms with Gasteiger partial charge in [0.1, 0.15) is 0 Å². The van der Waals surface area contributed by atoms with Gasteiger partial charge in [0, 0.05) is 24.2 Å². The zero-order chi connectivity index (χ0) is 11.9. The fourth-order valence-corrected chi connectivity index (χ4v) is 2.29. The number of nitrogens with one attached hydrogen (secondary N) is 1. The van der Waals surface area contributed by atoms with Crippen LogP contribution in [0.3, 0.4) is 0 Å². The van der Waals surface area contributed by atoms with Crippen LogP contribution < -0.4 is 5.32 Å². The zero-order valence-electron chi connectivity index (χ0n) is 9.89. The molecular formula is C14H16N2S. The van der Waals surface area contributed by atoms with Crippen molar-refractivity contribution in [2.75, 3.05) is 6.54 Å². The van der Waals surface area contributed by atoms with Gasteiger partial charge in [-0.05, 0) is 12.5 Å². The maximum atomic E-state index is 4.22. The highest BCUT2D eigenvalue weighted by Crippen LogP contribution is 2.10. The lowest BCUT2D eigenvalue weighted by Crippen LogP contribution is -2.11. The van der Waals surface area contributed by atoms with E-state index in [0.29, 0.717) is 0 Å². The number of benzene rings is 1. The minimum absolute atomic E-state index is 0.881. The van der Waals surface area contributed by atoms with Gasteiger partial charge >= 0.3 is 0 Å². The molecule has 0 aliphatic rings. The maximum Gasteiger partial charge on any atom is 0.0897 e. The van der Waals surface area contributed by atoms with Crippen molar-refractivity contribution in [2.24, 2.45) is 0 Å². The summed E-state index contributed by atoms with van der Waals surface area (Å²) in [5.41, 5.74) is 1.24. The van der Waals surface area contributed by atoms with Gasteiger partial charge in [0.2, 0.25) is 0 Å². The Hall–Kier alpha value is -1.45. The lowest BCUT2D eigenvalue weighted by Gasteiger charge is -1.97. The topological polar surface area (TPSA) is 24.9 Å². The molecule has 0 unspecified atom stereocenters. The van der Waals surface area contributed by atoms with Crippen LogP contribution >= 0.6 is 11.3 Å². The van der Waals surface area contributed by atoms with Crippen LogP contribution in [0.15, 0.2) is 42.6 Å². The summed E-state index contributed by atoms with van der Waals surface area (Å²) in [4.78, 5) is 5.51. The van der Waals surface area contributed by atoms with Crippen molar-refractivity contribution in [3.8, 4) is 0 Å².